The maximum Gasteiger partial charge on any atom is 0.255 e. The zero-order valence-electron chi connectivity index (χ0n) is 17.1. The highest BCUT2D eigenvalue weighted by Crippen LogP contribution is 2.22. The second-order valence-corrected chi connectivity index (χ2v) is 6.67. The molecule has 0 aliphatic rings. The molecule has 0 saturated carbocycles. The molecule has 0 atom stereocenters. The summed E-state index contributed by atoms with van der Waals surface area (Å²) in [6.07, 6.45) is 1.82. The summed E-state index contributed by atoms with van der Waals surface area (Å²) in [5.41, 5.74) is 2.10. The third kappa shape index (κ3) is 5.05. The molecule has 0 aliphatic heterocycles. The van der Waals surface area contributed by atoms with Crippen LogP contribution in [0.4, 0.5) is 5.69 Å². The van der Waals surface area contributed by atoms with Crippen molar-refractivity contribution in [2.24, 2.45) is 0 Å². The summed E-state index contributed by atoms with van der Waals surface area (Å²) in [4.78, 5) is 12.4. The standard InChI is InChI=1S/C23H21N5O3/c1-3-30-19-8-4-17(5-9-19)23(29)24-18-6-10-20(11-7-18)31-22-13-12-21(25-26-22)28-15-14-16(2)27-28/h4-15H,3H2,1-2H3,(H,24,29). The summed E-state index contributed by atoms with van der Waals surface area (Å²) >= 11 is 0. The summed E-state index contributed by atoms with van der Waals surface area (Å²) in [6.45, 7) is 4.41. The van der Waals surface area contributed by atoms with Gasteiger partial charge >= 0.3 is 0 Å². The Hall–Kier alpha value is -4.20. The van der Waals surface area contributed by atoms with E-state index in [1.165, 1.54) is 0 Å². The van der Waals surface area contributed by atoms with Gasteiger partial charge in [0.1, 0.15) is 11.5 Å². The van der Waals surface area contributed by atoms with Crippen LogP contribution in [-0.4, -0.2) is 32.5 Å². The number of aromatic nitrogens is 4. The van der Waals surface area contributed by atoms with Crippen LogP contribution in [0.1, 0.15) is 23.0 Å². The molecule has 1 amide bonds. The first-order valence-electron chi connectivity index (χ1n) is 9.79. The van der Waals surface area contributed by atoms with Crippen molar-refractivity contribution in [2.75, 3.05) is 11.9 Å². The number of carbonyl (C=O) groups excluding carboxylic acids is 1. The van der Waals surface area contributed by atoms with Gasteiger partial charge in [-0.1, -0.05) is 0 Å². The van der Waals surface area contributed by atoms with E-state index in [-0.39, 0.29) is 5.91 Å². The Labute approximate surface area is 179 Å². The van der Waals surface area contributed by atoms with E-state index >= 15 is 0 Å². The average Bonchev–Trinajstić information content (AvgIpc) is 3.23. The third-order valence-electron chi connectivity index (χ3n) is 4.35. The van der Waals surface area contributed by atoms with Crippen LogP contribution in [-0.2, 0) is 0 Å². The van der Waals surface area contributed by atoms with Gasteiger partial charge in [0.25, 0.3) is 5.91 Å². The molecular weight excluding hydrogens is 394 g/mol. The lowest BCUT2D eigenvalue weighted by atomic mass is 10.2. The number of hydrogen-bond donors (Lipinski definition) is 1. The molecule has 0 saturated heterocycles. The first-order chi connectivity index (χ1) is 15.1. The summed E-state index contributed by atoms with van der Waals surface area (Å²) < 4.78 is 12.8. The molecule has 31 heavy (non-hydrogen) atoms. The Bertz CT molecular complexity index is 1150. The number of carbonyl (C=O) groups is 1. The minimum atomic E-state index is -0.202. The number of nitrogens with one attached hydrogen (secondary N) is 1. The van der Waals surface area contributed by atoms with Gasteiger partial charge in [-0.25, -0.2) is 4.68 Å². The van der Waals surface area contributed by atoms with Crippen LogP contribution in [0.2, 0.25) is 0 Å². The lowest BCUT2D eigenvalue weighted by Crippen LogP contribution is -2.11. The molecule has 4 rings (SSSR count). The van der Waals surface area contributed by atoms with Gasteiger partial charge in [-0.2, -0.15) is 5.10 Å². The van der Waals surface area contributed by atoms with Crippen LogP contribution in [0.15, 0.2) is 72.9 Å². The molecule has 2 aromatic heterocycles. The zero-order valence-corrected chi connectivity index (χ0v) is 17.1. The molecule has 1 N–H and O–H groups in total. The fourth-order valence-corrected chi connectivity index (χ4v) is 2.83. The molecule has 0 aliphatic carbocycles. The van der Waals surface area contributed by atoms with Gasteiger partial charge in [0.05, 0.1) is 12.3 Å². The first-order valence-corrected chi connectivity index (χ1v) is 9.79. The highest BCUT2D eigenvalue weighted by molar-refractivity contribution is 6.04. The molecule has 2 aromatic carbocycles. The molecule has 8 heteroatoms. The molecule has 156 valence electrons. The third-order valence-corrected chi connectivity index (χ3v) is 4.35. The van der Waals surface area contributed by atoms with Gasteiger partial charge in [-0.15, -0.1) is 10.2 Å². The Morgan fingerprint density at radius 2 is 1.68 bits per heavy atom. The Balaban J connectivity index is 1.36. The quantitative estimate of drug-likeness (QED) is 0.481. The number of benzene rings is 2. The minimum Gasteiger partial charge on any atom is -0.494 e. The van der Waals surface area contributed by atoms with E-state index in [1.54, 1.807) is 65.3 Å². The average molecular weight is 415 g/mol. The number of amides is 1. The number of rotatable bonds is 7. The van der Waals surface area contributed by atoms with Gasteiger partial charge in [0.15, 0.2) is 5.82 Å². The van der Waals surface area contributed by atoms with E-state index < -0.39 is 0 Å². The van der Waals surface area contributed by atoms with Crippen molar-refractivity contribution < 1.29 is 14.3 Å². The Morgan fingerprint density at radius 1 is 0.935 bits per heavy atom. The Kier molecular flexibility index (Phi) is 5.89. The molecular formula is C23H21N5O3. The number of nitrogens with zero attached hydrogens (tertiary/aromatic N) is 4. The van der Waals surface area contributed by atoms with E-state index in [1.807, 2.05) is 26.1 Å². The topological polar surface area (TPSA) is 91.2 Å². The van der Waals surface area contributed by atoms with Crippen LogP contribution in [0.3, 0.4) is 0 Å². The van der Waals surface area contributed by atoms with Crippen molar-refractivity contribution in [3.8, 4) is 23.2 Å². The largest absolute Gasteiger partial charge is 0.494 e. The minimum absolute atomic E-state index is 0.202. The number of aryl methyl sites for hydroxylation is 1. The second-order valence-electron chi connectivity index (χ2n) is 6.67. The summed E-state index contributed by atoms with van der Waals surface area (Å²) in [5.74, 6) is 2.08. The van der Waals surface area contributed by atoms with Crippen molar-refractivity contribution in [1.82, 2.24) is 20.0 Å². The maximum atomic E-state index is 12.4. The van der Waals surface area contributed by atoms with Gasteiger partial charge in [-0.3, -0.25) is 4.79 Å². The lowest BCUT2D eigenvalue weighted by Gasteiger charge is -2.08. The fraction of sp³-hybridized carbons (Fsp3) is 0.130. The fourth-order valence-electron chi connectivity index (χ4n) is 2.83. The molecule has 0 radical (unpaired) electrons. The van der Waals surface area contributed by atoms with Crippen molar-refractivity contribution in [3.05, 3.63) is 84.2 Å². The summed E-state index contributed by atoms with van der Waals surface area (Å²) in [5, 5.41) is 15.4. The smallest absolute Gasteiger partial charge is 0.255 e. The normalized spacial score (nSPS) is 10.5. The monoisotopic (exact) mass is 415 g/mol. The van der Waals surface area contributed by atoms with Gasteiger partial charge < -0.3 is 14.8 Å². The van der Waals surface area contributed by atoms with E-state index in [0.29, 0.717) is 35.3 Å². The van der Waals surface area contributed by atoms with Gasteiger partial charge in [0.2, 0.25) is 5.88 Å². The van der Waals surface area contributed by atoms with Crippen molar-refractivity contribution >= 4 is 11.6 Å². The predicted molar refractivity (Wildman–Crippen MR) is 116 cm³/mol. The molecule has 2 heterocycles. The van der Waals surface area contributed by atoms with E-state index in [4.69, 9.17) is 9.47 Å². The molecule has 0 fully saturated rings. The lowest BCUT2D eigenvalue weighted by molar-refractivity contribution is 0.102. The molecule has 0 unspecified atom stereocenters. The number of ether oxygens (including phenoxy) is 2. The van der Waals surface area contributed by atoms with Crippen molar-refractivity contribution in [3.63, 3.8) is 0 Å². The van der Waals surface area contributed by atoms with E-state index in [0.717, 1.165) is 11.4 Å². The van der Waals surface area contributed by atoms with E-state index in [2.05, 4.69) is 20.6 Å². The van der Waals surface area contributed by atoms with Crippen LogP contribution in [0.5, 0.6) is 17.4 Å². The van der Waals surface area contributed by atoms with Crippen molar-refractivity contribution in [2.45, 2.75) is 13.8 Å². The molecule has 4 aromatic rings. The number of anilines is 1. The summed E-state index contributed by atoms with van der Waals surface area (Å²) in [7, 11) is 0. The molecule has 0 spiro atoms. The van der Waals surface area contributed by atoms with Crippen LogP contribution < -0.4 is 14.8 Å². The van der Waals surface area contributed by atoms with Crippen LogP contribution in [0.25, 0.3) is 5.82 Å². The first kappa shape index (κ1) is 20.1. The maximum absolute atomic E-state index is 12.4. The summed E-state index contributed by atoms with van der Waals surface area (Å²) in [6, 6.07) is 19.4. The second kappa shape index (κ2) is 9.08. The van der Waals surface area contributed by atoms with Crippen molar-refractivity contribution in [1.29, 1.82) is 0 Å². The molecule has 0 bridgehead atoms. The van der Waals surface area contributed by atoms with Crippen LogP contribution >= 0.6 is 0 Å². The highest BCUT2D eigenvalue weighted by atomic mass is 16.5. The predicted octanol–water partition coefficient (Wildman–Crippen LogP) is 4.41. The Morgan fingerprint density at radius 3 is 2.29 bits per heavy atom. The number of hydrogen-bond acceptors (Lipinski definition) is 6. The van der Waals surface area contributed by atoms with Crippen LogP contribution in [0, 0.1) is 6.92 Å². The van der Waals surface area contributed by atoms with E-state index in [9.17, 15) is 4.79 Å². The molecule has 8 nitrogen and oxygen atoms in total. The SMILES string of the molecule is CCOc1ccc(C(=O)Nc2ccc(Oc3ccc(-n4ccc(C)n4)nn3)cc2)cc1. The van der Waals surface area contributed by atoms with Gasteiger partial charge in [0, 0.05) is 23.5 Å². The van der Waals surface area contributed by atoms with Gasteiger partial charge in [-0.05, 0) is 74.5 Å². The highest BCUT2D eigenvalue weighted by Gasteiger charge is 2.08. The zero-order chi connectivity index (χ0) is 21.6.